The summed E-state index contributed by atoms with van der Waals surface area (Å²) in [7, 11) is 5.62. The first-order valence-corrected chi connectivity index (χ1v) is 8.03. The lowest BCUT2D eigenvalue weighted by Gasteiger charge is -2.19. The third-order valence-electron chi connectivity index (χ3n) is 4.39. The second kappa shape index (κ2) is 6.43. The van der Waals surface area contributed by atoms with Crippen LogP contribution in [0.5, 0.6) is 5.75 Å². The van der Waals surface area contributed by atoms with Crippen molar-refractivity contribution in [2.75, 3.05) is 31.4 Å². The number of hydrogen-bond acceptors (Lipinski definition) is 3. The van der Waals surface area contributed by atoms with Gasteiger partial charge in [0, 0.05) is 25.5 Å². The first-order valence-electron chi connectivity index (χ1n) is 8.03. The number of urea groups is 1. The Kier molecular flexibility index (Phi) is 4.34. The van der Waals surface area contributed by atoms with E-state index in [1.807, 2.05) is 67.5 Å². The molecule has 5 heteroatoms. The Balaban J connectivity index is 1.63. The van der Waals surface area contributed by atoms with Gasteiger partial charge in [-0.05, 0) is 54.8 Å². The normalized spacial score (nSPS) is 14.6. The summed E-state index contributed by atoms with van der Waals surface area (Å²) in [6, 6.07) is 15.5. The van der Waals surface area contributed by atoms with Gasteiger partial charge < -0.3 is 20.3 Å². The molecular formula is C19H23N3O2. The number of nitrogens with one attached hydrogen (secondary N) is 2. The summed E-state index contributed by atoms with van der Waals surface area (Å²) >= 11 is 0. The molecule has 0 spiro atoms. The van der Waals surface area contributed by atoms with E-state index in [2.05, 4.69) is 10.6 Å². The van der Waals surface area contributed by atoms with Crippen LogP contribution in [0.15, 0.2) is 48.5 Å². The van der Waals surface area contributed by atoms with Crippen LogP contribution < -0.4 is 20.3 Å². The number of amides is 2. The molecule has 0 radical (unpaired) electrons. The van der Waals surface area contributed by atoms with Gasteiger partial charge in [-0.25, -0.2) is 4.79 Å². The highest BCUT2D eigenvalue weighted by atomic mass is 16.5. The monoisotopic (exact) mass is 325 g/mol. The van der Waals surface area contributed by atoms with Crippen molar-refractivity contribution >= 4 is 17.4 Å². The van der Waals surface area contributed by atoms with E-state index < -0.39 is 0 Å². The number of hydrogen-bond donors (Lipinski definition) is 2. The van der Waals surface area contributed by atoms with Gasteiger partial charge in [0.05, 0.1) is 12.6 Å². The third kappa shape index (κ3) is 3.45. The number of rotatable bonds is 5. The van der Waals surface area contributed by atoms with Crippen molar-refractivity contribution in [3.63, 3.8) is 0 Å². The summed E-state index contributed by atoms with van der Waals surface area (Å²) in [6.07, 6.45) is 1.90. The molecule has 0 aliphatic heterocycles. The Hall–Kier alpha value is -2.69. The predicted octanol–water partition coefficient (Wildman–Crippen LogP) is 3.57. The van der Waals surface area contributed by atoms with E-state index in [-0.39, 0.29) is 11.6 Å². The molecule has 5 nitrogen and oxygen atoms in total. The van der Waals surface area contributed by atoms with Gasteiger partial charge in [0.15, 0.2) is 0 Å². The largest absolute Gasteiger partial charge is 0.497 e. The standard InChI is InChI=1S/C19H23N3O2/c1-22(2)16-8-6-15(7-9-16)20-18(23)21-19(12-13-19)14-4-10-17(24-3)11-5-14/h4-11H,12-13H2,1-3H3,(H2,20,21,23). The molecule has 2 N–H and O–H groups in total. The van der Waals surface area contributed by atoms with Gasteiger partial charge in [0.25, 0.3) is 0 Å². The van der Waals surface area contributed by atoms with Crippen molar-refractivity contribution in [1.29, 1.82) is 0 Å². The van der Waals surface area contributed by atoms with Crippen molar-refractivity contribution in [2.45, 2.75) is 18.4 Å². The predicted molar refractivity (Wildman–Crippen MR) is 96.8 cm³/mol. The van der Waals surface area contributed by atoms with Gasteiger partial charge in [0.1, 0.15) is 5.75 Å². The average molecular weight is 325 g/mol. The second-order valence-corrected chi connectivity index (χ2v) is 6.33. The molecule has 1 fully saturated rings. The van der Waals surface area contributed by atoms with Crippen molar-refractivity contribution in [2.24, 2.45) is 0 Å². The highest BCUT2D eigenvalue weighted by Crippen LogP contribution is 2.45. The third-order valence-corrected chi connectivity index (χ3v) is 4.39. The highest BCUT2D eigenvalue weighted by molar-refractivity contribution is 5.90. The fourth-order valence-corrected chi connectivity index (χ4v) is 2.74. The zero-order valence-electron chi connectivity index (χ0n) is 14.3. The molecule has 2 aromatic rings. The van der Waals surface area contributed by atoms with Crippen LogP contribution in [0, 0.1) is 0 Å². The minimum Gasteiger partial charge on any atom is -0.497 e. The Morgan fingerprint density at radius 1 is 1.04 bits per heavy atom. The van der Waals surface area contributed by atoms with E-state index in [0.29, 0.717) is 0 Å². The van der Waals surface area contributed by atoms with Crippen LogP contribution in [0.1, 0.15) is 18.4 Å². The molecule has 1 aliphatic rings. The zero-order valence-corrected chi connectivity index (χ0v) is 14.3. The Morgan fingerprint density at radius 3 is 2.17 bits per heavy atom. The number of carbonyl (C=O) groups is 1. The highest BCUT2D eigenvalue weighted by Gasteiger charge is 2.45. The van der Waals surface area contributed by atoms with Crippen LogP contribution in [0.25, 0.3) is 0 Å². The number of carbonyl (C=O) groups excluding carboxylic acids is 1. The Morgan fingerprint density at radius 2 is 1.67 bits per heavy atom. The van der Waals surface area contributed by atoms with Crippen LogP contribution in [0.2, 0.25) is 0 Å². The van der Waals surface area contributed by atoms with E-state index in [0.717, 1.165) is 35.5 Å². The van der Waals surface area contributed by atoms with E-state index in [9.17, 15) is 4.79 Å². The van der Waals surface area contributed by atoms with Crippen LogP contribution in [-0.4, -0.2) is 27.2 Å². The number of ether oxygens (including phenoxy) is 1. The number of benzene rings is 2. The summed E-state index contributed by atoms with van der Waals surface area (Å²) in [5, 5.41) is 6.01. The minimum atomic E-state index is -0.250. The van der Waals surface area contributed by atoms with Gasteiger partial charge in [-0.3, -0.25) is 0 Å². The van der Waals surface area contributed by atoms with Crippen LogP contribution >= 0.6 is 0 Å². The summed E-state index contributed by atoms with van der Waals surface area (Å²) in [5.41, 5.74) is 2.74. The first kappa shape index (κ1) is 16.2. The molecule has 24 heavy (non-hydrogen) atoms. The topological polar surface area (TPSA) is 53.6 Å². The van der Waals surface area contributed by atoms with E-state index in [4.69, 9.17) is 4.74 Å². The van der Waals surface area contributed by atoms with Gasteiger partial charge in [0.2, 0.25) is 0 Å². The lowest BCUT2D eigenvalue weighted by atomic mass is 10.1. The molecule has 126 valence electrons. The minimum absolute atomic E-state index is 0.180. The molecule has 0 unspecified atom stereocenters. The molecule has 0 heterocycles. The summed E-state index contributed by atoms with van der Waals surface area (Å²) in [4.78, 5) is 14.3. The average Bonchev–Trinajstić information content (AvgIpc) is 3.36. The van der Waals surface area contributed by atoms with Gasteiger partial charge in [-0.1, -0.05) is 12.1 Å². The van der Waals surface area contributed by atoms with Crippen molar-refractivity contribution in [3.8, 4) is 5.75 Å². The fourth-order valence-electron chi connectivity index (χ4n) is 2.74. The molecular weight excluding hydrogens is 302 g/mol. The first-order chi connectivity index (χ1) is 11.5. The van der Waals surface area contributed by atoms with E-state index >= 15 is 0 Å². The number of methoxy groups -OCH3 is 1. The molecule has 2 amide bonds. The maximum Gasteiger partial charge on any atom is 0.319 e. The second-order valence-electron chi connectivity index (χ2n) is 6.33. The van der Waals surface area contributed by atoms with Crippen molar-refractivity contribution < 1.29 is 9.53 Å². The van der Waals surface area contributed by atoms with Gasteiger partial charge >= 0.3 is 6.03 Å². The zero-order chi connectivity index (χ0) is 17.2. The summed E-state index contributed by atoms with van der Waals surface area (Å²) < 4.78 is 5.19. The van der Waals surface area contributed by atoms with Crippen LogP contribution in [0.4, 0.5) is 16.2 Å². The Labute approximate surface area is 142 Å². The molecule has 0 atom stereocenters. The number of nitrogens with zero attached hydrogens (tertiary/aromatic N) is 1. The van der Waals surface area contributed by atoms with E-state index in [1.54, 1.807) is 7.11 Å². The summed E-state index contributed by atoms with van der Waals surface area (Å²) in [5.74, 6) is 0.819. The maximum atomic E-state index is 12.3. The molecule has 0 bridgehead atoms. The maximum absolute atomic E-state index is 12.3. The molecule has 3 rings (SSSR count). The smallest absolute Gasteiger partial charge is 0.319 e. The van der Waals surface area contributed by atoms with Crippen molar-refractivity contribution in [1.82, 2.24) is 5.32 Å². The van der Waals surface area contributed by atoms with Crippen LogP contribution in [0.3, 0.4) is 0 Å². The molecule has 1 saturated carbocycles. The number of anilines is 2. The summed E-state index contributed by atoms with van der Waals surface area (Å²) in [6.45, 7) is 0. The molecule has 0 saturated heterocycles. The SMILES string of the molecule is COc1ccc(C2(NC(=O)Nc3ccc(N(C)C)cc3)CC2)cc1. The van der Waals surface area contributed by atoms with Gasteiger partial charge in [-0.2, -0.15) is 0 Å². The quantitative estimate of drug-likeness (QED) is 0.883. The van der Waals surface area contributed by atoms with Crippen LogP contribution in [-0.2, 0) is 5.54 Å². The lowest BCUT2D eigenvalue weighted by molar-refractivity contribution is 0.247. The fraction of sp³-hybridized carbons (Fsp3) is 0.316. The molecule has 0 aromatic heterocycles. The molecule has 2 aromatic carbocycles. The van der Waals surface area contributed by atoms with Crippen molar-refractivity contribution in [3.05, 3.63) is 54.1 Å². The molecule has 1 aliphatic carbocycles. The Bertz CT molecular complexity index is 704. The van der Waals surface area contributed by atoms with E-state index in [1.165, 1.54) is 0 Å². The van der Waals surface area contributed by atoms with Gasteiger partial charge in [-0.15, -0.1) is 0 Å². The lowest BCUT2D eigenvalue weighted by Crippen LogP contribution is -2.38.